The van der Waals surface area contributed by atoms with Crippen LogP contribution in [0.3, 0.4) is 0 Å². The first kappa shape index (κ1) is 16.0. The number of aromatic nitrogens is 5. The van der Waals surface area contributed by atoms with Gasteiger partial charge in [-0.25, -0.2) is 9.97 Å². The van der Waals surface area contributed by atoms with Crippen molar-refractivity contribution in [2.75, 3.05) is 13.7 Å². The largest absolute Gasteiger partial charge is 0.385 e. The van der Waals surface area contributed by atoms with Crippen molar-refractivity contribution in [3.63, 3.8) is 0 Å². The highest BCUT2D eigenvalue weighted by atomic mass is 16.5. The molecule has 0 fully saturated rings. The van der Waals surface area contributed by atoms with Crippen LogP contribution in [0.2, 0.25) is 0 Å². The SMILES string of the molecule is COCCCn1cnnc1C(C)NC(=O)c1cncnc1C. The highest BCUT2D eigenvalue weighted by Crippen LogP contribution is 2.11. The minimum absolute atomic E-state index is 0.225. The van der Waals surface area contributed by atoms with Crippen molar-refractivity contribution in [3.05, 3.63) is 35.9 Å². The summed E-state index contributed by atoms with van der Waals surface area (Å²) in [7, 11) is 1.67. The van der Waals surface area contributed by atoms with Gasteiger partial charge in [0.25, 0.3) is 5.91 Å². The second kappa shape index (κ2) is 7.60. The second-order valence-electron chi connectivity index (χ2n) is 4.95. The van der Waals surface area contributed by atoms with Crippen LogP contribution in [0, 0.1) is 6.92 Å². The Kier molecular flexibility index (Phi) is 5.54. The molecule has 1 N–H and O–H groups in total. The van der Waals surface area contributed by atoms with E-state index in [0.29, 0.717) is 23.7 Å². The zero-order valence-electron chi connectivity index (χ0n) is 13.0. The summed E-state index contributed by atoms with van der Waals surface area (Å²) in [6.07, 6.45) is 5.44. The summed E-state index contributed by atoms with van der Waals surface area (Å²) in [4.78, 5) is 20.2. The summed E-state index contributed by atoms with van der Waals surface area (Å²) >= 11 is 0. The third-order valence-electron chi connectivity index (χ3n) is 3.28. The number of aryl methyl sites for hydroxylation is 2. The predicted molar refractivity (Wildman–Crippen MR) is 79.2 cm³/mol. The standard InChI is InChI=1S/C14H20N6O2/c1-10-12(7-15-8-16-10)14(21)18-11(2)13-19-17-9-20(13)5-4-6-22-3/h7-9,11H,4-6H2,1-3H3,(H,18,21). The summed E-state index contributed by atoms with van der Waals surface area (Å²) in [5.74, 6) is 0.482. The van der Waals surface area contributed by atoms with Crippen LogP contribution in [0.25, 0.3) is 0 Å². The fraction of sp³-hybridized carbons (Fsp3) is 0.500. The number of hydrogen-bond acceptors (Lipinski definition) is 6. The molecule has 2 heterocycles. The van der Waals surface area contributed by atoms with E-state index in [2.05, 4.69) is 25.5 Å². The number of carbonyl (C=O) groups excluding carboxylic acids is 1. The molecule has 0 saturated heterocycles. The first-order valence-electron chi connectivity index (χ1n) is 7.07. The Morgan fingerprint density at radius 3 is 3.05 bits per heavy atom. The molecule has 0 aliphatic rings. The number of methoxy groups -OCH3 is 1. The lowest BCUT2D eigenvalue weighted by molar-refractivity contribution is 0.0936. The zero-order chi connectivity index (χ0) is 15.9. The van der Waals surface area contributed by atoms with Gasteiger partial charge in [0.1, 0.15) is 12.7 Å². The number of rotatable bonds is 7. The Morgan fingerprint density at radius 2 is 2.32 bits per heavy atom. The molecule has 0 saturated carbocycles. The Labute approximate surface area is 128 Å². The van der Waals surface area contributed by atoms with Crippen molar-refractivity contribution in [2.24, 2.45) is 0 Å². The number of amides is 1. The molecule has 2 aromatic heterocycles. The molecule has 0 aliphatic heterocycles. The molecule has 0 spiro atoms. The summed E-state index contributed by atoms with van der Waals surface area (Å²) in [6.45, 7) is 5.05. The Hall–Kier alpha value is -2.35. The van der Waals surface area contributed by atoms with Gasteiger partial charge in [0.15, 0.2) is 5.82 Å². The van der Waals surface area contributed by atoms with Crippen molar-refractivity contribution in [1.82, 2.24) is 30.0 Å². The van der Waals surface area contributed by atoms with Gasteiger partial charge >= 0.3 is 0 Å². The van der Waals surface area contributed by atoms with Gasteiger partial charge in [-0.3, -0.25) is 4.79 Å². The topological polar surface area (TPSA) is 94.8 Å². The highest BCUT2D eigenvalue weighted by Gasteiger charge is 2.18. The monoisotopic (exact) mass is 304 g/mol. The molecule has 2 rings (SSSR count). The third-order valence-corrected chi connectivity index (χ3v) is 3.28. The summed E-state index contributed by atoms with van der Waals surface area (Å²) in [5.41, 5.74) is 1.10. The lowest BCUT2D eigenvalue weighted by atomic mass is 10.2. The number of nitrogens with zero attached hydrogens (tertiary/aromatic N) is 5. The van der Waals surface area contributed by atoms with Crippen molar-refractivity contribution in [3.8, 4) is 0 Å². The number of nitrogens with one attached hydrogen (secondary N) is 1. The first-order valence-corrected chi connectivity index (χ1v) is 7.07. The van der Waals surface area contributed by atoms with E-state index >= 15 is 0 Å². The minimum atomic E-state index is -0.267. The average Bonchev–Trinajstić information content (AvgIpc) is 2.96. The quantitative estimate of drug-likeness (QED) is 0.764. The number of carbonyl (C=O) groups is 1. The molecule has 2 aromatic rings. The van der Waals surface area contributed by atoms with Crippen LogP contribution in [0.5, 0.6) is 0 Å². The van der Waals surface area contributed by atoms with E-state index in [4.69, 9.17) is 4.74 Å². The molecule has 0 aliphatic carbocycles. The fourth-order valence-electron chi connectivity index (χ4n) is 2.10. The van der Waals surface area contributed by atoms with Gasteiger partial charge in [0.2, 0.25) is 0 Å². The molecule has 8 nitrogen and oxygen atoms in total. The lowest BCUT2D eigenvalue weighted by Gasteiger charge is -2.15. The van der Waals surface area contributed by atoms with E-state index < -0.39 is 0 Å². The summed E-state index contributed by atoms with van der Waals surface area (Å²) in [6, 6.07) is -0.267. The molecule has 118 valence electrons. The van der Waals surface area contributed by atoms with E-state index in [1.807, 2.05) is 11.5 Å². The predicted octanol–water partition coefficient (Wildman–Crippen LogP) is 0.904. The average molecular weight is 304 g/mol. The summed E-state index contributed by atoms with van der Waals surface area (Å²) in [5, 5.41) is 10.9. The van der Waals surface area contributed by atoms with Crippen LogP contribution in [0.1, 0.15) is 41.3 Å². The highest BCUT2D eigenvalue weighted by molar-refractivity contribution is 5.95. The smallest absolute Gasteiger partial charge is 0.255 e. The van der Waals surface area contributed by atoms with Gasteiger partial charge in [-0.15, -0.1) is 10.2 Å². The molecule has 1 unspecified atom stereocenters. The number of ether oxygens (including phenoxy) is 1. The van der Waals surface area contributed by atoms with Crippen LogP contribution in [0.4, 0.5) is 0 Å². The maximum atomic E-state index is 12.3. The van der Waals surface area contributed by atoms with E-state index in [1.165, 1.54) is 12.5 Å². The molecule has 0 bridgehead atoms. The Balaban J connectivity index is 2.03. The van der Waals surface area contributed by atoms with Crippen LogP contribution in [0.15, 0.2) is 18.9 Å². The van der Waals surface area contributed by atoms with Gasteiger partial charge in [-0.2, -0.15) is 0 Å². The molecule has 0 aromatic carbocycles. The van der Waals surface area contributed by atoms with Gasteiger partial charge < -0.3 is 14.6 Å². The normalized spacial score (nSPS) is 12.1. The molecule has 22 heavy (non-hydrogen) atoms. The molecule has 1 atom stereocenters. The van der Waals surface area contributed by atoms with Crippen LogP contribution < -0.4 is 5.32 Å². The van der Waals surface area contributed by atoms with Crippen LogP contribution in [-0.4, -0.2) is 44.4 Å². The first-order chi connectivity index (χ1) is 10.6. The van der Waals surface area contributed by atoms with Crippen molar-refractivity contribution in [2.45, 2.75) is 32.9 Å². The molecular weight excluding hydrogens is 284 g/mol. The van der Waals surface area contributed by atoms with E-state index in [-0.39, 0.29) is 11.9 Å². The van der Waals surface area contributed by atoms with Gasteiger partial charge in [0.05, 0.1) is 17.3 Å². The van der Waals surface area contributed by atoms with Gasteiger partial charge in [-0.1, -0.05) is 0 Å². The Bertz CT molecular complexity index is 627. The minimum Gasteiger partial charge on any atom is -0.385 e. The van der Waals surface area contributed by atoms with E-state index in [9.17, 15) is 4.79 Å². The van der Waals surface area contributed by atoms with Crippen LogP contribution >= 0.6 is 0 Å². The van der Waals surface area contributed by atoms with Crippen LogP contribution in [-0.2, 0) is 11.3 Å². The number of hydrogen-bond donors (Lipinski definition) is 1. The second-order valence-corrected chi connectivity index (χ2v) is 4.95. The van der Waals surface area contributed by atoms with Gasteiger partial charge in [-0.05, 0) is 20.3 Å². The van der Waals surface area contributed by atoms with Crippen molar-refractivity contribution in [1.29, 1.82) is 0 Å². The molecule has 1 amide bonds. The van der Waals surface area contributed by atoms with Crippen molar-refractivity contribution < 1.29 is 9.53 Å². The summed E-state index contributed by atoms with van der Waals surface area (Å²) < 4.78 is 6.95. The molecule has 8 heteroatoms. The lowest BCUT2D eigenvalue weighted by Crippen LogP contribution is -2.29. The van der Waals surface area contributed by atoms with E-state index in [0.717, 1.165) is 13.0 Å². The molecular formula is C14H20N6O2. The van der Waals surface area contributed by atoms with E-state index in [1.54, 1.807) is 20.4 Å². The van der Waals surface area contributed by atoms with Gasteiger partial charge in [0, 0.05) is 26.5 Å². The Morgan fingerprint density at radius 1 is 1.50 bits per heavy atom. The van der Waals surface area contributed by atoms with Crippen molar-refractivity contribution >= 4 is 5.91 Å². The fourth-order valence-corrected chi connectivity index (χ4v) is 2.10. The molecule has 0 radical (unpaired) electrons. The maximum Gasteiger partial charge on any atom is 0.255 e. The zero-order valence-corrected chi connectivity index (χ0v) is 13.0. The third kappa shape index (κ3) is 3.85. The maximum absolute atomic E-state index is 12.3.